The van der Waals surface area contributed by atoms with Crippen molar-refractivity contribution in [1.29, 1.82) is 0 Å². The molecular weight excluding hydrogens is 298 g/mol. The zero-order valence-electron chi connectivity index (χ0n) is 10.9. The summed E-state index contributed by atoms with van der Waals surface area (Å²) in [5, 5.41) is 10.6. The largest absolute Gasteiger partial charge is 0.419 e. The minimum absolute atomic E-state index is 0.0633. The van der Waals surface area contributed by atoms with Gasteiger partial charge in [0.25, 0.3) is 5.79 Å². The van der Waals surface area contributed by atoms with Crippen molar-refractivity contribution < 1.29 is 24.0 Å². The van der Waals surface area contributed by atoms with Gasteiger partial charge in [0, 0.05) is 23.8 Å². The van der Waals surface area contributed by atoms with Crippen molar-refractivity contribution in [2.24, 2.45) is 0 Å². The van der Waals surface area contributed by atoms with Crippen LogP contribution in [0.4, 0.5) is 5.00 Å². The van der Waals surface area contributed by atoms with Crippen molar-refractivity contribution in [3.05, 3.63) is 32.7 Å². The topological polar surface area (TPSA) is 95.7 Å². The first-order valence-corrected chi connectivity index (χ1v) is 7.23. The Morgan fingerprint density at radius 2 is 1.81 bits per heavy atom. The molecule has 21 heavy (non-hydrogen) atoms. The fraction of sp³-hybridized carbons (Fsp3) is 0.385. The Morgan fingerprint density at radius 1 is 1.19 bits per heavy atom. The van der Waals surface area contributed by atoms with E-state index in [2.05, 4.69) is 0 Å². The summed E-state index contributed by atoms with van der Waals surface area (Å²) in [6.07, 6.45) is 3.99. The highest BCUT2D eigenvalue weighted by atomic mass is 32.1. The van der Waals surface area contributed by atoms with Crippen LogP contribution in [0.25, 0.3) is 6.08 Å². The van der Waals surface area contributed by atoms with Gasteiger partial charge in [-0.3, -0.25) is 10.1 Å². The van der Waals surface area contributed by atoms with Gasteiger partial charge < -0.3 is 9.47 Å². The number of nitro groups is 1. The molecule has 1 aromatic rings. The summed E-state index contributed by atoms with van der Waals surface area (Å²) in [4.78, 5) is 34.5. The molecule has 0 bridgehead atoms. The molecule has 2 fully saturated rings. The number of esters is 2. The second kappa shape index (κ2) is 4.96. The minimum Gasteiger partial charge on any atom is -0.419 e. The quantitative estimate of drug-likeness (QED) is 0.274. The number of carbonyl (C=O) groups is 2. The van der Waals surface area contributed by atoms with Gasteiger partial charge in [-0.1, -0.05) is 11.3 Å². The molecule has 1 aliphatic heterocycles. The number of thiophene rings is 1. The van der Waals surface area contributed by atoms with E-state index in [9.17, 15) is 19.7 Å². The highest BCUT2D eigenvalue weighted by Crippen LogP contribution is 2.39. The first-order chi connectivity index (χ1) is 9.99. The van der Waals surface area contributed by atoms with E-state index in [4.69, 9.17) is 9.47 Å². The molecule has 1 aromatic heterocycles. The third-order valence-electron chi connectivity index (χ3n) is 3.44. The van der Waals surface area contributed by atoms with Crippen LogP contribution in [-0.2, 0) is 19.1 Å². The molecule has 0 radical (unpaired) electrons. The lowest BCUT2D eigenvalue weighted by Gasteiger charge is -2.32. The summed E-state index contributed by atoms with van der Waals surface area (Å²) < 4.78 is 10.5. The van der Waals surface area contributed by atoms with Gasteiger partial charge in [0.1, 0.15) is 5.57 Å². The Hall–Kier alpha value is -2.22. The molecule has 110 valence electrons. The first-order valence-electron chi connectivity index (χ1n) is 6.42. The fourth-order valence-electron chi connectivity index (χ4n) is 2.45. The molecule has 7 nitrogen and oxygen atoms in total. The van der Waals surface area contributed by atoms with Gasteiger partial charge >= 0.3 is 16.9 Å². The summed E-state index contributed by atoms with van der Waals surface area (Å²) in [6, 6.07) is 2.78. The second-order valence-electron chi connectivity index (χ2n) is 4.89. The maximum Gasteiger partial charge on any atom is 0.348 e. The van der Waals surface area contributed by atoms with Crippen molar-refractivity contribution in [2.45, 2.75) is 31.5 Å². The van der Waals surface area contributed by atoms with E-state index in [0.717, 1.165) is 24.2 Å². The van der Waals surface area contributed by atoms with Gasteiger partial charge in [0.2, 0.25) is 0 Å². The zero-order chi connectivity index (χ0) is 15.0. The van der Waals surface area contributed by atoms with Crippen LogP contribution < -0.4 is 0 Å². The molecule has 2 heterocycles. The smallest absolute Gasteiger partial charge is 0.348 e. The average Bonchev–Trinajstić information content (AvgIpc) is 3.04. The first kappa shape index (κ1) is 13.7. The number of hydrogen-bond acceptors (Lipinski definition) is 7. The minimum atomic E-state index is -1.10. The summed E-state index contributed by atoms with van der Waals surface area (Å²) in [7, 11) is 0. The average molecular weight is 309 g/mol. The van der Waals surface area contributed by atoms with Crippen molar-refractivity contribution in [1.82, 2.24) is 0 Å². The predicted octanol–water partition coefficient (Wildman–Crippen LogP) is 2.41. The van der Waals surface area contributed by atoms with E-state index in [-0.39, 0.29) is 10.6 Å². The SMILES string of the molecule is O=C1OC2(CCCC2)OC(=O)C1=Cc1ccc([N+](=O)[O-])s1. The van der Waals surface area contributed by atoms with Gasteiger partial charge in [0.05, 0.1) is 4.92 Å². The molecule has 1 saturated carbocycles. The highest BCUT2D eigenvalue weighted by Gasteiger charge is 2.47. The summed E-state index contributed by atoms with van der Waals surface area (Å²) in [5.74, 6) is -2.57. The Morgan fingerprint density at radius 3 is 2.33 bits per heavy atom. The molecule has 0 unspecified atom stereocenters. The molecule has 1 saturated heterocycles. The second-order valence-corrected chi connectivity index (χ2v) is 5.98. The standard InChI is InChI=1S/C13H11NO6S/c15-11-9(7-8-3-4-10(21-8)14(17)18)12(16)20-13(19-11)5-1-2-6-13/h3-4,7H,1-2,5-6H2. The van der Waals surface area contributed by atoms with Crippen LogP contribution in [0.3, 0.4) is 0 Å². The summed E-state index contributed by atoms with van der Waals surface area (Å²) in [6.45, 7) is 0. The Labute approximate surface area is 123 Å². The number of rotatable bonds is 2. The van der Waals surface area contributed by atoms with Crippen LogP contribution in [-0.4, -0.2) is 22.6 Å². The number of hydrogen-bond donors (Lipinski definition) is 0. The van der Waals surface area contributed by atoms with Crippen LogP contribution in [0.15, 0.2) is 17.7 Å². The predicted molar refractivity (Wildman–Crippen MR) is 72.3 cm³/mol. The van der Waals surface area contributed by atoms with Crippen LogP contribution in [0, 0.1) is 10.1 Å². The fourth-order valence-corrected chi connectivity index (χ4v) is 3.21. The molecule has 2 aliphatic rings. The lowest BCUT2D eigenvalue weighted by Crippen LogP contribution is -2.44. The molecule has 1 spiro atoms. The van der Waals surface area contributed by atoms with E-state index in [0.29, 0.717) is 17.7 Å². The molecule has 0 N–H and O–H groups in total. The Bertz CT molecular complexity index is 633. The molecule has 1 aliphatic carbocycles. The highest BCUT2D eigenvalue weighted by molar-refractivity contribution is 7.16. The molecular formula is C13H11NO6S. The maximum atomic E-state index is 12.0. The van der Waals surface area contributed by atoms with Gasteiger partial charge in [-0.25, -0.2) is 9.59 Å². The number of carbonyl (C=O) groups excluding carboxylic acids is 2. The van der Waals surface area contributed by atoms with Gasteiger partial charge in [-0.2, -0.15) is 0 Å². The van der Waals surface area contributed by atoms with Crippen LogP contribution >= 0.6 is 11.3 Å². The monoisotopic (exact) mass is 309 g/mol. The lowest BCUT2D eigenvalue weighted by molar-refractivity contribution is -0.380. The van der Waals surface area contributed by atoms with Gasteiger partial charge in [0.15, 0.2) is 0 Å². The van der Waals surface area contributed by atoms with Crippen LogP contribution in [0.1, 0.15) is 30.6 Å². The van der Waals surface area contributed by atoms with Crippen molar-refractivity contribution in [3.8, 4) is 0 Å². The van der Waals surface area contributed by atoms with Gasteiger partial charge in [-0.15, -0.1) is 0 Å². The molecule has 8 heteroatoms. The molecule has 0 amide bonds. The van der Waals surface area contributed by atoms with Crippen LogP contribution in [0.2, 0.25) is 0 Å². The number of ether oxygens (including phenoxy) is 2. The van der Waals surface area contributed by atoms with Crippen LogP contribution in [0.5, 0.6) is 0 Å². The van der Waals surface area contributed by atoms with E-state index in [1.54, 1.807) is 0 Å². The van der Waals surface area contributed by atoms with E-state index >= 15 is 0 Å². The Balaban J connectivity index is 1.85. The van der Waals surface area contributed by atoms with E-state index in [1.165, 1.54) is 18.2 Å². The van der Waals surface area contributed by atoms with Crippen molar-refractivity contribution in [2.75, 3.05) is 0 Å². The summed E-state index contributed by atoms with van der Waals surface area (Å²) in [5.41, 5.74) is -0.232. The normalized spacial score (nSPS) is 20.3. The summed E-state index contributed by atoms with van der Waals surface area (Å²) >= 11 is 0.871. The lowest BCUT2D eigenvalue weighted by atomic mass is 10.1. The number of nitrogens with zero attached hydrogens (tertiary/aromatic N) is 1. The molecule has 3 rings (SSSR count). The van der Waals surface area contributed by atoms with E-state index < -0.39 is 22.6 Å². The van der Waals surface area contributed by atoms with Crippen molar-refractivity contribution >= 4 is 34.4 Å². The third-order valence-corrected chi connectivity index (χ3v) is 4.43. The van der Waals surface area contributed by atoms with Crippen molar-refractivity contribution in [3.63, 3.8) is 0 Å². The third kappa shape index (κ3) is 2.54. The molecule has 0 aromatic carbocycles. The Kier molecular flexibility index (Phi) is 3.25. The van der Waals surface area contributed by atoms with E-state index in [1.807, 2.05) is 0 Å². The van der Waals surface area contributed by atoms with Gasteiger partial charge in [-0.05, 0) is 25.0 Å². The zero-order valence-corrected chi connectivity index (χ0v) is 11.7. The maximum absolute atomic E-state index is 12.0. The molecule has 0 atom stereocenters.